The minimum absolute atomic E-state index is 0.559. The van der Waals surface area contributed by atoms with Crippen LogP contribution in [0.15, 0.2) is 6.20 Å². The van der Waals surface area contributed by atoms with Gasteiger partial charge in [0.15, 0.2) is 0 Å². The van der Waals surface area contributed by atoms with Crippen molar-refractivity contribution < 1.29 is 0 Å². The zero-order valence-electron chi connectivity index (χ0n) is 9.50. The topological polar surface area (TPSA) is 24.9 Å². The number of rotatable bonds is 5. The lowest BCUT2D eigenvalue weighted by Crippen LogP contribution is -2.30. The Morgan fingerprint density at radius 2 is 2.14 bits per heavy atom. The molecule has 0 aliphatic heterocycles. The summed E-state index contributed by atoms with van der Waals surface area (Å²) in [7, 11) is 0. The van der Waals surface area contributed by atoms with Crippen LogP contribution in [0.4, 0.5) is 0 Å². The summed E-state index contributed by atoms with van der Waals surface area (Å²) < 4.78 is 0. The summed E-state index contributed by atoms with van der Waals surface area (Å²) in [5, 5.41) is 4.69. The first-order valence-electron chi connectivity index (χ1n) is 5.30. The number of thiazole rings is 1. The molecule has 0 radical (unpaired) electrons. The monoisotopic (exact) mass is 212 g/mol. The Hall–Kier alpha value is -0.410. The third kappa shape index (κ3) is 3.39. The number of aromatic nitrogens is 1. The highest BCUT2D eigenvalue weighted by atomic mass is 32.1. The van der Waals surface area contributed by atoms with Crippen LogP contribution in [-0.4, -0.2) is 11.0 Å². The van der Waals surface area contributed by atoms with E-state index >= 15 is 0 Å². The summed E-state index contributed by atoms with van der Waals surface area (Å²) in [6, 6.07) is 0.559. The van der Waals surface area contributed by atoms with E-state index in [4.69, 9.17) is 0 Å². The summed E-state index contributed by atoms with van der Waals surface area (Å²) in [4.78, 5) is 5.75. The average molecular weight is 212 g/mol. The van der Waals surface area contributed by atoms with Crippen LogP contribution in [0.3, 0.4) is 0 Å². The highest BCUT2D eigenvalue weighted by molar-refractivity contribution is 7.11. The van der Waals surface area contributed by atoms with E-state index in [1.807, 2.05) is 17.5 Å². The summed E-state index contributed by atoms with van der Waals surface area (Å²) in [5.41, 5.74) is 0. The Morgan fingerprint density at radius 1 is 1.43 bits per heavy atom. The van der Waals surface area contributed by atoms with Gasteiger partial charge in [-0.05, 0) is 19.3 Å². The van der Waals surface area contributed by atoms with Crippen molar-refractivity contribution in [2.45, 2.75) is 46.7 Å². The molecule has 0 saturated heterocycles. The summed E-state index contributed by atoms with van der Waals surface area (Å²) in [6.07, 6.45) is 3.08. The van der Waals surface area contributed by atoms with E-state index in [-0.39, 0.29) is 0 Å². The predicted octanol–water partition coefficient (Wildman–Crippen LogP) is 2.84. The van der Waals surface area contributed by atoms with Gasteiger partial charge in [-0.1, -0.05) is 20.8 Å². The van der Waals surface area contributed by atoms with Crippen LogP contribution in [0.25, 0.3) is 0 Å². The second kappa shape index (κ2) is 5.47. The fourth-order valence-electron chi connectivity index (χ4n) is 1.08. The molecular weight excluding hydrogens is 192 g/mol. The van der Waals surface area contributed by atoms with Gasteiger partial charge in [0.25, 0.3) is 0 Å². The van der Waals surface area contributed by atoms with Crippen LogP contribution in [0, 0.1) is 5.92 Å². The van der Waals surface area contributed by atoms with Crippen molar-refractivity contribution in [1.82, 2.24) is 10.3 Å². The van der Waals surface area contributed by atoms with Crippen LogP contribution in [-0.2, 0) is 13.0 Å². The number of hydrogen-bond donors (Lipinski definition) is 1. The SMILES string of the molecule is CCc1cnc(CNC(C)C(C)C)s1. The molecule has 0 amide bonds. The van der Waals surface area contributed by atoms with Crippen molar-refractivity contribution in [1.29, 1.82) is 0 Å². The van der Waals surface area contributed by atoms with Crippen LogP contribution in [0.2, 0.25) is 0 Å². The fourth-order valence-corrected chi connectivity index (χ4v) is 1.89. The Bertz CT molecular complexity index is 268. The number of hydrogen-bond acceptors (Lipinski definition) is 3. The average Bonchev–Trinajstić information content (AvgIpc) is 2.61. The molecule has 0 aliphatic rings. The van der Waals surface area contributed by atoms with Gasteiger partial charge in [0.05, 0.1) is 0 Å². The van der Waals surface area contributed by atoms with Crippen molar-refractivity contribution in [3.8, 4) is 0 Å². The van der Waals surface area contributed by atoms with Crippen molar-refractivity contribution in [2.75, 3.05) is 0 Å². The highest BCUT2D eigenvalue weighted by Gasteiger charge is 2.07. The standard InChI is InChI=1S/C11H20N2S/c1-5-10-6-13-11(14-10)7-12-9(4)8(2)3/h6,8-9,12H,5,7H2,1-4H3. The Balaban J connectivity index is 2.37. The van der Waals surface area contributed by atoms with Crippen molar-refractivity contribution >= 4 is 11.3 Å². The van der Waals surface area contributed by atoms with Crippen molar-refractivity contribution in [3.63, 3.8) is 0 Å². The molecule has 0 aliphatic carbocycles. The molecule has 2 nitrogen and oxygen atoms in total. The highest BCUT2D eigenvalue weighted by Crippen LogP contribution is 2.13. The summed E-state index contributed by atoms with van der Waals surface area (Å²) >= 11 is 1.81. The molecule has 1 heterocycles. The molecule has 1 N–H and O–H groups in total. The zero-order valence-corrected chi connectivity index (χ0v) is 10.3. The number of aryl methyl sites for hydroxylation is 1. The maximum atomic E-state index is 4.37. The molecule has 14 heavy (non-hydrogen) atoms. The van der Waals surface area contributed by atoms with E-state index in [2.05, 4.69) is 38.0 Å². The van der Waals surface area contributed by atoms with Gasteiger partial charge in [0.1, 0.15) is 5.01 Å². The minimum atomic E-state index is 0.559. The molecule has 3 heteroatoms. The Kier molecular flexibility index (Phi) is 4.55. The molecule has 0 aromatic carbocycles. The lowest BCUT2D eigenvalue weighted by Gasteiger charge is -2.16. The maximum Gasteiger partial charge on any atom is 0.107 e. The van der Waals surface area contributed by atoms with Gasteiger partial charge < -0.3 is 5.32 Å². The molecule has 1 atom stereocenters. The maximum absolute atomic E-state index is 4.37. The lowest BCUT2D eigenvalue weighted by atomic mass is 10.1. The molecule has 1 unspecified atom stereocenters. The van der Waals surface area contributed by atoms with Crippen LogP contribution < -0.4 is 5.32 Å². The largest absolute Gasteiger partial charge is 0.308 e. The first-order valence-corrected chi connectivity index (χ1v) is 6.12. The first kappa shape index (κ1) is 11.7. The fraction of sp³-hybridized carbons (Fsp3) is 0.727. The molecular formula is C11H20N2S. The van der Waals surface area contributed by atoms with Gasteiger partial charge in [0, 0.05) is 23.7 Å². The van der Waals surface area contributed by atoms with Gasteiger partial charge in [0.2, 0.25) is 0 Å². The van der Waals surface area contributed by atoms with Gasteiger partial charge in [-0.2, -0.15) is 0 Å². The lowest BCUT2D eigenvalue weighted by molar-refractivity contribution is 0.426. The van der Waals surface area contributed by atoms with E-state index in [9.17, 15) is 0 Å². The third-order valence-electron chi connectivity index (χ3n) is 2.53. The van der Waals surface area contributed by atoms with Gasteiger partial charge in [-0.3, -0.25) is 0 Å². The Labute approximate surface area is 90.8 Å². The molecule has 80 valence electrons. The molecule has 0 saturated carbocycles. The summed E-state index contributed by atoms with van der Waals surface area (Å²) in [6.45, 7) is 9.76. The zero-order chi connectivity index (χ0) is 10.6. The van der Waals surface area contributed by atoms with Crippen molar-refractivity contribution in [3.05, 3.63) is 16.1 Å². The van der Waals surface area contributed by atoms with Crippen LogP contribution in [0.5, 0.6) is 0 Å². The molecule has 1 rings (SSSR count). The molecule has 1 aromatic heterocycles. The summed E-state index contributed by atoms with van der Waals surface area (Å²) in [5.74, 6) is 0.681. The minimum Gasteiger partial charge on any atom is -0.308 e. The molecule has 1 aromatic rings. The molecule has 0 bridgehead atoms. The second-order valence-electron chi connectivity index (χ2n) is 3.99. The first-order chi connectivity index (χ1) is 6.63. The third-order valence-corrected chi connectivity index (χ3v) is 3.67. The van der Waals surface area contributed by atoms with Crippen LogP contribution >= 0.6 is 11.3 Å². The van der Waals surface area contributed by atoms with E-state index in [0.29, 0.717) is 12.0 Å². The Morgan fingerprint density at radius 3 is 2.64 bits per heavy atom. The van der Waals surface area contributed by atoms with Crippen LogP contribution in [0.1, 0.15) is 37.6 Å². The van der Waals surface area contributed by atoms with Gasteiger partial charge in [-0.15, -0.1) is 11.3 Å². The number of nitrogens with zero attached hydrogens (tertiary/aromatic N) is 1. The second-order valence-corrected chi connectivity index (χ2v) is 5.19. The van der Waals surface area contributed by atoms with Crippen molar-refractivity contribution in [2.24, 2.45) is 5.92 Å². The van der Waals surface area contributed by atoms with E-state index in [0.717, 1.165) is 13.0 Å². The number of nitrogens with one attached hydrogen (secondary N) is 1. The molecule has 0 spiro atoms. The quantitative estimate of drug-likeness (QED) is 0.812. The van der Waals surface area contributed by atoms with E-state index in [1.165, 1.54) is 9.88 Å². The predicted molar refractivity (Wildman–Crippen MR) is 62.6 cm³/mol. The van der Waals surface area contributed by atoms with Gasteiger partial charge in [-0.25, -0.2) is 4.98 Å². The van der Waals surface area contributed by atoms with Gasteiger partial charge >= 0.3 is 0 Å². The normalized spacial score (nSPS) is 13.5. The smallest absolute Gasteiger partial charge is 0.107 e. The van der Waals surface area contributed by atoms with E-state index < -0.39 is 0 Å². The van der Waals surface area contributed by atoms with E-state index in [1.54, 1.807) is 0 Å². The molecule has 0 fully saturated rings.